The highest BCUT2D eigenvalue weighted by Gasteiger charge is 2.40. The van der Waals surface area contributed by atoms with Crippen molar-refractivity contribution in [1.82, 2.24) is 5.32 Å². The fourth-order valence-corrected chi connectivity index (χ4v) is 2.73. The summed E-state index contributed by atoms with van der Waals surface area (Å²) in [4.78, 5) is 0. The van der Waals surface area contributed by atoms with Crippen LogP contribution in [-0.2, 0) is 0 Å². The van der Waals surface area contributed by atoms with Gasteiger partial charge in [0.2, 0.25) is 0 Å². The Morgan fingerprint density at radius 1 is 1.33 bits per heavy atom. The molecule has 1 nitrogen and oxygen atoms in total. The summed E-state index contributed by atoms with van der Waals surface area (Å²) in [6, 6.07) is 0. The van der Waals surface area contributed by atoms with E-state index in [1.54, 1.807) is 0 Å². The van der Waals surface area contributed by atoms with Crippen LogP contribution in [0.5, 0.6) is 0 Å². The van der Waals surface area contributed by atoms with Crippen molar-refractivity contribution in [3.8, 4) is 0 Å². The lowest BCUT2D eigenvalue weighted by atomic mass is 9.96. The van der Waals surface area contributed by atoms with Crippen LogP contribution in [0.1, 0.15) is 39.0 Å². The van der Waals surface area contributed by atoms with E-state index in [1.165, 1.54) is 45.2 Å². The van der Waals surface area contributed by atoms with Gasteiger partial charge in [-0.05, 0) is 50.1 Å². The fourth-order valence-electron chi connectivity index (χ4n) is 2.73. The summed E-state index contributed by atoms with van der Waals surface area (Å²) in [5.74, 6) is 3.22. The molecule has 0 aromatic rings. The number of hydrogen-bond acceptors (Lipinski definition) is 1. The van der Waals surface area contributed by atoms with Crippen LogP contribution < -0.4 is 5.32 Å². The normalized spacial score (nSPS) is 42.2. The van der Waals surface area contributed by atoms with Crippen molar-refractivity contribution in [3.63, 3.8) is 0 Å². The van der Waals surface area contributed by atoms with E-state index >= 15 is 0 Å². The first-order chi connectivity index (χ1) is 5.92. The third-order valence-electron chi connectivity index (χ3n) is 3.69. The Kier molecular flexibility index (Phi) is 2.69. The van der Waals surface area contributed by atoms with Crippen LogP contribution in [0.4, 0.5) is 0 Å². The van der Waals surface area contributed by atoms with Crippen molar-refractivity contribution in [2.45, 2.75) is 39.0 Å². The summed E-state index contributed by atoms with van der Waals surface area (Å²) in [6.45, 7) is 4.91. The Morgan fingerprint density at radius 2 is 2.25 bits per heavy atom. The minimum Gasteiger partial charge on any atom is -0.316 e. The largest absolute Gasteiger partial charge is 0.316 e. The topological polar surface area (TPSA) is 12.0 Å². The Hall–Kier alpha value is -0.0400. The van der Waals surface area contributed by atoms with E-state index in [2.05, 4.69) is 12.2 Å². The van der Waals surface area contributed by atoms with Crippen molar-refractivity contribution >= 4 is 0 Å². The van der Waals surface area contributed by atoms with Crippen LogP contribution in [0.2, 0.25) is 0 Å². The van der Waals surface area contributed by atoms with Gasteiger partial charge in [0.05, 0.1) is 0 Å². The first kappa shape index (κ1) is 8.55. The predicted octanol–water partition coefficient (Wildman–Crippen LogP) is 2.42. The van der Waals surface area contributed by atoms with Crippen LogP contribution in [0.25, 0.3) is 0 Å². The number of rotatable bonds is 2. The molecule has 0 aromatic carbocycles. The molecule has 2 fully saturated rings. The average Bonchev–Trinajstić information content (AvgIpc) is 2.89. The van der Waals surface area contributed by atoms with E-state index in [0.29, 0.717) is 0 Å². The molecule has 1 N–H and O–H groups in total. The molecule has 2 rings (SSSR count). The molecule has 1 aliphatic carbocycles. The maximum atomic E-state index is 3.56. The lowest BCUT2D eigenvalue weighted by Gasteiger charge is -2.13. The summed E-state index contributed by atoms with van der Waals surface area (Å²) in [5.41, 5.74) is 0. The van der Waals surface area contributed by atoms with E-state index in [0.717, 1.165) is 17.8 Å². The minimum atomic E-state index is 1.03. The van der Waals surface area contributed by atoms with Crippen LogP contribution in [0, 0.1) is 17.8 Å². The molecule has 3 unspecified atom stereocenters. The maximum Gasteiger partial charge on any atom is -0.00178 e. The summed E-state index contributed by atoms with van der Waals surface area (Å²) in [6.07, 6.45) is 7.31. The molecule has 3 atom stereocenters. The minimum absolute atomic E-state index is 1.03. The van der Waals surface area contributed by atoms with Crippen molar-refractivity contribution in [3.05, 3.63) is 0 Å². The molecule has 0 amide bonds. The molecule has 0 spiro atoms. The van der Waals surface area contributed by atoms with Crippen LogP contribution in [0.15, 0.2) is 0 Å². The monoisotopic (exact) mass is 167 g/mol. The van der Waals surface area contributed by atoms with Gasteiger partial charge in [-0.15, -0.1) is 0 Å². The van der Waals surface area contributed by atoms with Crippen LogP contribution >= 0.6 is 0 Å². The van der Waals surface area contributed by atoms with Gasteiger partial charge in [0, 0.05) is 0 Å². The lowest BCUT2D eigenvalue weighted by molar-refractivity contribution is 0.400. The first-order valence-electron chi connectivity index (χ1n) is 5.62. The maximum absolute atomic E-state index is 3.56. The van der Waals surface area contributed by atoms with Crippen LogP contribution in [0.3, 0.4) is 0 Å². The van der Waals surface area contributed by atoms with E-state index in [9.17, 15) is 0 Å². The zero-order chi connectivity index (χ0) is 8.39. The average molecular weight is 167 g/mol. The molecule has 1 saturated heterocycles. The Morgan fingerprint density at radius 3 is 3.00 bits per heavy atom. The highest BCUT2D eigenvalue weighted by atomic mass is 14.9. The smallest absolute Gasteiger partial charge is 0.00178 e. The highest BCUT2D eigenvalue weighted by Crippen LogP contribution is 2.47. The molecule has 1 heterocycles. The third-order valence-corrected chi connectivity index (χ3v) is 3.69. The Balaban J connectivity index is 1.79. The molecule has 0 aromatic heterocycles. The van der Waals surface area contributed by atoms with Gasteiger partial charge < -0.3 is 5.32 Å². The quantitative estimate of drug-likeness (QED) is 0.666. The molecule has 1 aliphatic heterocycles. The van der Waals surface area contributed by atoms with Gasteiger partial charge in [0.15, 0.2) is 0 Å². The summed E-state index contributed by atoms with van der Waals surface area (Å²) >= 11 is 0. The molecule has 0 bridgehead atoms. The standard InChI is InChI=1S/C11H21N/c1-2-9-7-11(9)10-5-3-4-6-12-8-10/h9-12H,2-8H2,1H3. The predicted molar refractivity (Wildman–Crippen MR) is 52.1 cm³/mol. The molecule has 70 valence electrons. The SMILES string of the molecule is CCC1CC1C1CCCCNC1. The molecule has 12 heavy (non-hydrogen) atoms. The zero-order valence-electron chi connectivity index (χ0n) is 8.18. The zero-order valence-corrected chi connectivity index (χ0v) is 8.18. The Labute approximate surface area is 75.9 Å². The third kappa shape index (κ3) is 1.82. The molecule has 2 aliphatic rings. The summed E-state index contributed by atoms with van der Waals surface area (Å²) in [5, 5.41) is 3.56. The van der Waals surface area contributed by atoms with Crippen LogP contribution in [-0.4, -0.2) is 13.1 Å². The van der Waals surface area contributed by atoms with Gasteiger partial charge >= 0.3 is 0 Å². The van der Waals surface area contributed by atoms with E-state index in [1.807, 2.05) is 0 Å². The molecular weight excluding hydrogens is 146 g/mol. The van der Waals surface area contributed by atoms with Gasteiger partial charge in [0.25, 0.3) is 0 Å². The van der Waals surface area contributed by atoms with Crippen molar-refractivity contribution < 1.29 is 0 Å². The molecular formula is C11H21N. The fraction of sp³-hybridized carbons (Fsp3) is 1.00. The lowest BCUT2D eigenvalue weighted by Crippen LogP contribution is -2.22. The highest BCUT2D eigenvalue weighted by molar-refractivity contribution is 4.91. The van der Waals surface area contributed by atoms with Gasteiger partial charge in [-0.25, -0.2) is 0 Å². The van der Waals surface area contributed by atoms with E-state index in [-0.39, 0.29) is 0 Å². The second-order valence-corrected chi connectivity index (χ2v) is 4.53. The number of nitrogens with one attached hydrogen (secondary N) is 1. The Bertz CT molecular complexity index is 136. The number of hydrogen-bond donors (Lipinski definition) is 1. The van der Waals surface area contributed by atoms with E-state index < -0.39 is 0 Å². The summed E-state index contributed by atoms with van der Waals surface area (Å²) < 4.78 is 0. The van der Waals surface area contributed by atoms with Crippen molar-refractivity contribution in [2.75, 3.05) is 13.1 Å². The van der Waals surface area contributed by atoms with Gasteiger partial charge in [-0.1, -0.05) is 19.8 Å². The molecule has 1 heteroatoms. The first-order valence-corrected chi connectivity index (χ1v) is 5.62. The van der Waals surface area contributed by atoms with Crippen molar-refractivity contribution in [1.29, 1.82) is 0 Å². The van der Waals surface area contributed by atoms with Gasteiger partial charge in [-0.3, -0.25) is 0 Å². The summed E-state index contributed by atoms with van der Waals surface area (Å²) in [7, 11) is 0. The second-order valence-electron chi connectivity index (χ2n) is 4.53. The van der Waals surface area contributed by atoms with Gasteiger partial charge in [0.1, 0.15) is 0 Å². The van der Waals surface area contributed by atoms with Gasteiger partial charge in [-0.2, -0.15) is 0 Å². The van der Waals surface area contributed by atoms with E-state index in [4.69, 9.17) is 0 Å². The second kappa shape index (κ2) is 3.78. The van der Waals surface area contributed by atoms with Crippen molar-refractivity contribution in [2.24, 2.45) is 17.8 Å². The molecule has 1 saturated carbocycles. The molecule has 0 radical (unpaired) electrons.